The van der Waals surface area contributed by atoms with Crippen LogP contribution in [-0.2, 0) is 11.8 Å². The number of ether oxygens (including phenoxy) is 1. The highest BCUT2D eigenvalue weighted by molar-refractivity contribution is 5.78. The van der Waals surface area contributed by atoms with Crippen molar-refractivity contribution in [1.29, 1.82) is 0 Å². The predicted molar refractivity (Wildman–Crippen MR) is 97.0 cm³/mol. The average molecular weight is 359 g/mol. The van der Waals surface area contributed by atoms with Crippen LogP contribution in [0.5, 0.6) is 6.01 Å². The number of hydrogen-bond acceptors (Lipinski definition) is 7. The van der Waals surface area contributed by atoms with Gasteiger partial charge in [-0.1, -0.05) is 0 Å². The van der Waals surface area contributed by atoms with Crippen molar-refractivity contribution in [2.45, 2.75) is 33.1 Å². The van der Waals surface area contributed by atoms with E-state index in [1.807, 2.05) is 25.8 Å². The summed E-state index contributed by atoms with van der Waals surface area (Å²) in [4.78, 5) is 26.7. The van der Waals surface area contributed by atoms with Crippen molar-refractivity contribution < 1.29 is 9.53 Å². The molecule has 1 N–H and O–H groups in total. The number of amides is 1. The van der Waals surface area contributed by atoms with Gasteiger partial charge in [-0.3, -0.25) is 9.48 Å². The Morgan fingerprint density at radius 1 is 1.23 bits per heavy atom. The van der Waals surface area contributed by atoms with Crippen molar-refractivity contribution in [3.05, 3.63) is 11.4 Å². The molecule has 0 unspecified atom stereocenters. The van der Waals surface area contributed by atoms with E-state index in [1.54, 1.807) is 4.68 Å². The summed E-state index contributed by atoms with van der Waals surface area (Å²) in [6.45, 7) is 6.19. The molecule has 1 saturated heterocycles. The lowest BCUT2D eigenvalue weighted by Crippen LogP contribution is -2.27. The zero-order chi connectivity index (χ0) is 18.7. The molecule has 140 valence electrons. The molecule has 0 saturated carbocycles. The van der Waals surface area contributed by atoms with Crippen LogP contribution >= 0.6 is 0 Å². The van der Waals surface area contributed by atoms with Crippen molar-refractivity contribution in [1.82, 2.24) is 29.6 Å². The van der Waals surface area contributed by atoms with Crippen molar-refractivity contribution in [3.8, 4) is 17.4 Å². The first-order chi connectivity index (χ1) is 12.5. The number of hydrogen-bond donors (Lipinski definition) is 1. The van der Waals surface area contributed by atoms with Crippen LogP contribution in [0, 0.1) is 13.8 Å². The normalized spacial score (nSPS) is 14.2. The van der Waals surface area contributed by atoms with E-state index in [1.165, 1.54) is 7.11 Å². The highest BCUT2D eigenvalue weighted by atomic mass is 16.5. The molecule has 9 heteroatoms. The van der Waals surface area contributed by atoms with Gasteiger partial charge in [0.2, 0.25) is 11.9 Å². The van der Waals surface area contributed by atoms with Crippen LogP contribution in [0.2, 0.25) is 0 Å². The highest BCUT2D eigenvalue weighted by Crippen LogP contribution is 2.25. The second kappa shape index (κ2) is 7.67. The zero-order valence-corrected chi connectivity index (χ0v) is 15.7. The van der Waals surface area contributed by atoms with Gasteiger partial charge < -0.3 is 15.0 Å². The van der Waals surface area contributed by atoms with Crippen LogP contribution in [0.25, 0.3) is 11.4 Å². The van der Waals surface area contributed by atoms with Gasteiger partial charge in [-0.05, 0) is 26.7 Å². The third-order valence-electron chi connectivity index (χ3n) is 4.59. The van der Waals surface area contributed by atoms with Crippen molar-refractivity contribution in [2.75, 3.05) is 32.1 Å². The highest BCUT2D eigenvalue weighted by Gasteiger charge is 2.19. The number of likely N-dealkylation sites (tertiary alicyclic amines) is 1. The monoisotopic (exact) mass is 359 g/mol. The molecular weight excluding hydrogens is 334 g/mol. The topological polar surface area (TPSA) is 98.1 Å². The van der Waals surface area contributed by atoms with Gasteiger partial charge >= 0.3 is 6.01 Å². The van der Waals surface area contributed by atoms with Gasteiger partial charge in [0.1, 0.15) is 0 Å². The summed E-state index contributed by atoms with van der Waals surface area (Å²) in [5.41, 5.74) is 2.73. The van der Waals surface area contributed by atoms with Crippen LogP contribution in [0.4, 0.5) is 5.95 Å². The minimum absolute atomic E-state index is 0.247. The Hall–Kier alpha value is -2.71. The number of anilines is 1. The molecule has 1 aliphatic heterocycles. The van der Waals surface area contributed by atoms with Gasteiger partial charge in [0, 0.05) is 38.8 Å². The van der Waals surface area contributed by atoms with Gasteiger partial charge in [0.25, 0.3) is 0 Å². The molecule has 1 amide bonds. The van der Waals surface area contributed by atoms with E-state index in [2.05, 4.69) is 25.4 Å². The van der Waals surface area contributed by atoms with E-state index in [-0.39, 0.29) is 11.9 Å². The Labute approximate surface area is 152 Å². The molecule has 2 aromatic rings. The maximum atomic E-state index is 11.6. The number of aryl methyl sites for hydroxylation is 2. The summed E-state index contributed by atoms with van der Waals surface area (Å²) < 4.78 is 7.03. The first-order valence-corrected chi connectivity index (χ1v) is 8.82. The molecule has 3 rings (SSSR count). The fourth-order valence-electron chi connectivity index (χ4n) is 3.15. The number of carbonyl (C=O) groups is 1. The second-order valence-electron chi connectivity index (χ2n) is 6.40. The van der Waals surface area contributed by atoms with Crippen molar-refractivity contribution >= 4 is 11.9 Å². The number of carbonyl (C=O) groups excluding carboxylic acids is 1. The summed E-state index contributed by atoms with van der Waals surface area (Å²) in [5.74, 6) is 1.25. The summed E-state index contributed by atoms with van der Waals surface area (Å²) >= 11 is 0. The molecule has 0 aliphatic carbocycles. The number of aromatic nitrogens is 5. The Morgan fingerprint density at radius 3 is 2.65 bits per heavy atom. The maximum Gasteiger partial charge on any atom is 0.321 e. The fourth-order valence-corrected chi connectivity index (χ4v) is 3.15. The number of rotatable bonds is 7. The molecule has 26 heavy (non-hydrogen) atoms. The van der Waals surface area contributed by atoms with Crippen LogP contribution < -0.4 is 10.1 Å². The Balaban J connectivity index is 1.70. The minimum atomic E-state index is 0.247. The van der Waals surface area contributed by atoms with Gasteiger partial charge in [0.05, 0.1) is 18.4 Å². The lowest BCUT2D eigenvalue weighted by atomic mass is 10.2. The molecule has 0 bridgehead atoms. The summed E-state index contributed by atoms with van der Waals surface area (Å²) in [6, 6.07) is 0.259. The molecular formula is C17H25N7O2. The van der Waals surface area contributed by atoms with Gasteiger partial charge in [0.15, 0.2) is 5.82 Å². The lowest BCUT2D eigenvalue weighted by Gasteiger charge is -2.15. The first kappa shape index (κ1) is 18.1. The summed E-state index contributed by atoms with van der Waals surface area (Å²) in [5, 5.41) is 7.62. The number of nitrogens with one attached hydrogen (secondary N) is 1. The van der Waals surface area contributed by atoms with Crippen LogP contribution in [0.3, 0.4) is 0 Å². The first-order valence-electron chi connectivity index (χ1n) is 8.82. The predicted octanol–water partition coefficient (Wildman–Crippen LogP) is 1.32. The van der Waals surface area contributed by atoms with Crippen LogP contribution in [0.15, 0.2) is 0 Å². The van der Waals surface area contributed by atoms with E-state index in [4.69, 9.17) is 4.74 Å². The standard InChI is InChI=1S/C17H25N7O2/c1-11-14(12(2)23(3)22-11)15-19-16(21-17(20-15)26-4)18-8-6-10-24-9-5-7-13(24)25/h5-10H2,1-4H3,(H,18,19,20,21). The Bertz CT molecular complexity index is 803. The van der Waals surface area contributed by atoms with Gasteiger partial charge in [-0.25, -0.2) is 0 Å². The molecule has 0 aromatic carbocycles. The van der Waals surface area contributed by atoms with Gasteiger partial charge in [-0.15, -0.1) is 0 Å². The Kier molecular flexibility index (Phi) is 5.34. The van der Waals surface area contributed by atoms with E-state index in [9.17, 15) is 4.79 Å². The molecule has 0 radical (unpaired) electrons. The summed E-state index contributed by atoms with van der Waals surface area (Å²) in [7, 11) is 3.42. The molecule has 2 aromatic heterocycles. The lowest BCUT2D eigenvalue weighted by molar-refractivity contribution is -0.127. The average Bonchev–Trinajstić information content (AvgIpc) is 3.14. The minimum Gasteiger partial charge on any atom is -0.467 e. The number of nitrogens with zero attached hydrogens (tertiary/aromatic N) is 6. The third-order valence-corrected chi connectivity index (χ3v) is 4.59. The molecule has 1 fully saturated rings. The molecule has 0 atom stereocenters. The Morgan fingerprint density at radius 2 is 2.04 bits per heavy atom. The molecule has 0 spiro atoms. The SMILES string of the molecule is COc1nc(NCCCN2CCCC2=O)nc(-c2c(C)nn(C)c2C)n1. The van der Waals surface area contributed by atoms with E-state index in [0.717, 1.165) is 42.9 Å². The number of methoxy groups -OCH3 is 1. The zero-order valence-electron chi connectivity index (χ0n) is 15.7. The molecule has 9 nitrogen and oxygen atoms in total. The quantitative estimate of drug-likeness (QED) is 0.745. The smallest absolute Gasteiger partial charge is 0.321 e. The fraction of sp³-hybridized carbons (Fsp3) is 0.588. The van der Waals surface area contributed by atoms with E-state index >= 15 is 0 Å². The third kappa shape index (κ3) is 3.76. The van der Waals surface area contributed by atoms with Crippen LogP contribution in [-0.4, -0.2) is 62.3 Å². The van der Waals surface area contributed by atoms with Crippen molar-refractivity contribution in [2.24, 2.45) is 7.05 Å². The second-order valence-corrected chi connectivity index (χ2v) is 6.40. The van der Waals surface area contributed by atoms with Gasteiger partial charge in [-0.2, -0.15) is 20.1 Å². The van der Waals surface area contributed by atoms with E-state index < -0.39 is 0 Å². The van der Waals surface area contributed by atoms with Crippen LogP contribution in [0.1, 0.15) is 30.7 Å². The molecule has 3 heterocycles. The van der Waals surface area contributed by atoms with E-state index in [0.29, 0.717) is 24.7 Å². The maximum absolute atomic E-state index is 11.6. The largest absolute Gasteiger partial charge is 0.467 e. The molecule has 1 aliphatic rings. The summed E-state index contributed by atoms with van der Waals surface area (Å²) in [6.07, 6.45) is 2.47. The van der Waals surface area contributed by atoms with Crippen molar-refractivity contribution in [3.63, 3.8) is 0 Å².